The topological polar surface area (TPSA) is 32.3 Å². The standard InChI is InChI=1S/C12H15BrN2O/c13-10-4-3-5-11(8-10)15-7-2-1-6-14-9-12(15)16/h3-5,8,14H,1-2,6-7,9H2. The minimum Gasteiger partial charge on any atom is -0.311 e. The number of hydrogen-bond donors (Lipinski definition) is 1. The van der Waals surface area contributed by atoms with Crippen LogP contribution < -0.4 is 10.2 Å². The fourth-order valence-corrected chi connectivity index (χ4v) is 2.24. The van der Waals surface area contributed by atoms with E-state index in [-0.39, 0.29) is 5.91 Å². The fourth-order valence-electron chi connectivity index (χ4n) is 1.85. The second-order valence-corrected chi connectivity index (χ2v) is 4.82. The third-order valence-electron chi connectivity index (χ3n) is 2.68. The molecule has 1 heterocycles. The van der Waals surface area contributed by atoms with Gasteiger partial charge in [0.1, 0.15) is 0 Å². The molecule has 0 bridgehead atoms. The Morgan fingerprint density at radius 2 is 2.19 bits per heavy atom. The molecule has 16 heavy (non-hydrogen) atoms. The minimum absolute atomic E-state index is 0.151. The molecular weight excluding hydrogens is 268 g/mol. The van der Waals surface area contributed by atoms with E-state index in [1.807, 2.05) is 29.2 Å². The summed E-state index contributed by atoms with van der Waals surface area (Å²) in [5.41, 5.74) is 0.975. The normalized spacial score (nSPS) is 18.1. The molecule has 1 aliphatic heterocycles. The van der Waals surface area contributed by atoms with Crippen LogP contribution in [0.3, 0.4) is 0 Å². The summed E-state index contributed by atoms with van der Waals surface area (Å²) in [4.78, 5) is 13.8. The van der Waals surface area contributed by atoms with Gasteiger partial charge in [-0.25, -0.2) is 0 Å². The van der Waals surface area contributed by atoms with Gasteiger partial charge in [-0.3, -0.25) is 4.79 Å². The van der Waals surface area contributed by atoms with Gasteiger partial charge in [0.25, 0.3) is 0 Å². The lowest BCUT2D eigenvalue weighted by Crippen LogP contribution is -2.41. The number of carbonyl (C=O) groups is 1. The zero-order valence-corrected chi connectivity index (χ0v) is 10.7. The summed E-state index contributed by atoms with van der Waals surface area (Å²) in [6.07, 6.45) is 2.17. The minimum atomic E-state index is 0.151. The van der Waals surface area contributed by atoms with E-state index in [2.05, 4.69) is 21.2 Å². The van der Waals surface area contributed by atoms with Crippen molar-refractivity contribution in [2.75, 3.05) is 24.5 Å². The summed E-state index contributed by atoms with van der Waals surface area (Å²) in [5, 5.41) is 3.15. The first kappa shape index (κ1) is 11.6. The Balaban J connectivity index is 2.19. The summed E-state index contributed by atoms with van der Waals surface area (Å²) in [5.74, 6) is 0.151. The predicted octanol–water partition coefficient (Wildman–Crippen LogP) is 2.17. The molecule has 0 unspecified atom stereocenters. The Labute approximate surface area is 104 Å². The smallest absolute Gasteiger partial charge is 0.240 e. The van der Waals surface area contributed by atoms with Crippen LogP contribution in [-0.4, -0.2) is 25.5 Å². The van der Waals surface area contributed by atoms with Gasteiger partial charge in [0.2, 0.25) is 5.91 Å². The van der Waals surface area contributed by atoms with Crippen LogP contribution in [-0.2, 0) is 4.79 Å². The van der Waals surface area contributed by atoms with Crippen molar-refractivity contribution in [1.29, 1.82) is 0 Å². The number of hydrogen-bond acceptors (Lipinski definition) is 2. The predicted molar refractivity (Wildman–Crippen MR) is 68.6 cm³/mol. The molecular formula is C12H15BrN2O. The average molecular weight is 283 g/mol. The monoisotopic (exact) mass is 282 g/mol. The van der Waals surface area contributed by atoms with Gasteiger partial charge in [-0.15, -0.1) is 0 Å². The van der Waals surface area contributed by atoms with Crippen LogP contribution in [0.5, 0.6) is 0 Å². The largest absolute Gasteiger partial charge is 0.311 e. The number of amides is 1. The SMILES string of the molecule is O=C1CNCCCCN1c1cccc(Br)c1. The summed E-state index contributed by atoms with van der Waals surface area (Å²) in [6, 6.07) is 7.89. The van der Waals surface area contributed by atoms with Gasteiger partial charge in [-0.2, -0.15) is 0 Å². The van der Waals surface area contributed by atoms with Gasteiger partial charge in [0, 0.05) is 16.7 Å². The van der Waals surface area contributed by atoms with Crippen molar-refractivity contribution in [2.45, 2.75) is 12.8 Å². The third-order valence-corrected chi connectivity index (χ3v) is 3.18. The molecule has 0 aromatic heterocycles. The molecule has 1 saturated heterocycles. The van der Waals surface area contributed by atoms with Crippen molar-refractivity contribution >= 4 is 27.5 Å². The Bertz CT molecular complexity index is 381. The maximum Gasteiger partial charge on any atom is 0.240 e. The number of halogens is 1. The van der Waals surface area contributed by atoms with Crippen LogP contribution in [0.2, 0.25) is 0 Å². The summed E-state index contributed by atoms with van der Waals surface area (Å²) >= 11 is 3.43. The summed E-state index contributed by atoms with van der Waals surface area (Å²) in [7, 11) is 0. The molecule has 0 radical (unpaired) electrons. The van der Waals surface area contributed by atoms with Crippen LogP contribution >= 0.6 is 15.9 Å². The molecule has 1 aromatic rings. The molecule has 1 fully saturated rings. The Morgan fingerprint density at radius 3 is 3.00 bits per heavy atom. The molecule has 0 spiro atoms. The van der Waals surface area contributed by atoms with E-state index in [1.54, 1.807) is 0 Å². The quantitative estimate of drug-likeness (QED) is 0.856. The maximum absolute atomic E-state index is 11.9. The molecule has 2 rings (SSSR count). The van der Waals surface area contributed by atoms with E-state index in [0.717, 1.165) is 36.1 Å². The maximum atomic E-state index is 11.9. The van der Waals surface area contributed by atoms with Crippen molar-refractivity contribution in [1.82, 2.24) is 5.32 Å². The lowest BCUT2D eigenvalue weighted by molar-refractivity contribution is -0.118. The van der Waals surface area contributed by atoms with E-state index in [0.29, 0.717) is 6.54 Å². The lowest BCUT2D eigenvalue weighted by Gasteiger charge is -2.25. The van der Waals surface area contributed by atoms with Gasteiger partial charge in [-0.1, -0.05) is 22.0 Å². The molecule has 1 aliphatic rings. The van der Waals surface area contributed by atoms with E-state index in [9.17, 15) is 4.79 Å². The number of nitrogens with one attached hydrogen (secondary N) is 1. The Kier molecular flexibility index (Phi) is 3.96. The van der Waals surface area contributed by atoms with Gasteiger partial charge in [-0.05, 0) is 37.6 Å². The number of rotatable bonds is 1. The van der Waals surface area contributed by atoms with Gasteiger partial charge in [0.15, 0.2) is 0 Å². The highest BCUT2D eigenvalue weighted by atomic mass is 79.9. The first-order valence-corrected chi connectivity index (χ1v) is 6.33. The van der Waals surface area contributed by atoms with Crippen LogP contribution in [0.4, 0.5) is 5.69 Å². The van der Waals surface area contributed by atoms with E-state index in [1.165, 1.54) is 0 Å². The first-order valence-electron chi connectivity index (χ1n) is 5.54. The van der Waals surface area contributed by atoms with Crippen molar-refractivity contribution in [3.63, 3.8) is 0 Å². The molecule has 0 atom stereocenters. The molecule has 0 aliphatic carbocycles. The van der Waals surface area contributed by atoms with Crippen LogP contribution in [0.25, 0.3) is 0 Å². The molecule has 1 amide bonds. The lowest BCUT2D eigenvalue weighted by atomic mass is 10.2. The van der Waals surface area contributed by atoms with Crippen molar-refractivity contribution in [2.24, 2.45) is 0 Å². The van der Waals surface area contributed by atoms with Crippen LogP contribution in [0.15, 0.2) is 28.7 Å². The average Bonchev–Trinajstić information content (AvgIpc) is 2.24. The van der Waals surface area contributed by atoms with E-state index < -0.39 is 0 Å². The van der Waals surface area contributed by atoms with Crippen molar-refractivity contribution in [3.05, 3.63) is 28.7 Å². The number of benzene rings is 1. The van der Waals surface area contributed by atoms with Gasteiger partial charge in [0.05, 0.1) is 6.54 Å². The molecule has 3 nitrogen and oxygen atoms in total. The number of carbonyl (C=O) groups excluding carboxylic acids is 1. The van der Waals surface area contributed by atoms with Gasteiger partial charge >= 0.3 is 0 Å². The zero-order valence-electron chi connectivity index (χ0n) is 9.08. The molecule has 4 heteroatoms. The van der Waals surface area contributed by atoms with Crippen molar-refractivity contribution in [3.8, 4) is 0 Å². The van der Waals surface area contributed by atoms with Crippen molar-refractivity contribution < 1.29 is 4.79 Å². The zero-order chi connectivity index (χ0) is 11.4. The summed E-state index contributed by atoms with van der Waals surface area (Å²) < 4.78 is 1.01. The second-order valence-electron chi connectivity index (χ2n) is 3.91. The molecule has 1 aromatic carbocycles. The Morgan fingerprint density at radius 1 is 1.31 bits per heavy atom. The van der Waals surface area contributed by atoms with Gasteiger partial charge < -0.3 is 10.2 Å². The number of nitrogens with zero attached hydrogens (tertiary/aromatic N) is 1. The van der Waals surface area contributed by atoms with Crippen LogP contribution in [0, 0.1) is 0 Å². The highest BCUT2D eigenvalue weighted by Crippen LogP contribution is 2.20. The first-order chi connectivity index (χ1) is 7.77. The second kappa shape index (κ2) is 5.46. The Hall–Kier alpha value is -0.870. The van der Waals surface area contributed by atoms with Crippen LogP contribution in [0.1, 0.15) is 12.8 Å². The third kappa shape index (κ3) is 2.83. The highest BCUT2D eigenvalue weighted by Gasteiger charge is 2.16. The fraction of sp³-hybridized carbons (Fsp3) is 0.417. The highest BCUT2D eigenvalue weighted by molar-refractivity contribution is 9.10. The molecule has 86 valence electrons. The van der Waals surface area contributed by atoms with E-state index >= 15 is 0 Å². The molecule has 1 N–H and O–H groups in total. The molecule has 0 saturated carbocycles. The number of anilines is 1. The summed E-state index contributed by atoms with van der Waals surface area (Å²) in [6.45, 7) is 2.20. The van der Waals surface area contributed by atoms with E-state index in [4.69, 9.17) is 0 Å².